The van der Waals surface area contributed by atoms with E-state index in [2.05, 4.69) is 15.9 Å². The van der Waals surface area contributed by atoms with E-state index < -0.39 is 11.6 Å². The van der Waals surface area contributed by atoms with E-state index in [1.165, 1.54) is 18.2 Å². The predicted molar refractivity (Wildman–Crippen MR) is 109 cm³/mol. The van der Waals surface area contributed by atoms with Crippen LogP contribution in [0.25, 0.3) is 6.08 Å². The van der Waals surface area contributed by atoms with Crippen molar-refractivity contribution in [3.05, 3.63) is 98.7 Å². The van der Waals surface area contributed by atoms with Crippen molar-refractivity contribution in [3.63, 3.8) is 0 Å². The number of rotatable bonds is 4. The molecule has 4 rings (SSSR count). The predicted octanol–water partition coefficient (Wildman–Crippen LogP) is 6.23. The Labute approximate surface area is 174 Å². The van der Waals surface area contributed by atoms with Gasteiger partial charge >= 0.3 is 0 Å². The Morgan fingerprint density at radius 3 is 2.52 bits per heavy atom. The van der Waals surface area contributed by atoms with Crippen LogP contribution in [-0.4, -0.2) is 5.78 Å². The molecule has 0 saturated carbocycles. The molecule has 3 nitrogen and oxygen atoms in total. The van der Waals surface area contributed by atoms with Gasteiger partial charge in [-0.25, -0.2) is 8.78 Å². The Hall–Kier alpha value is -2.99. The van der Waals surface area contributed by atoms with Gasteiger partial charge in [-0.2, -0.15) is 0 Å². The van der Waals surface area contributed by atoms with Gasteiger partial charge in [-0.3, -0.25) is 4.79 Å². The largest absolute Gasteiger partial charge is 0.489 e. The van der Waals surface area contributed by atoms with Gasteiger partial charge in [0.2, 0.25) is 5.78 Å². The molecule has 3 aromatic carbocycles. The molecular formula is C23H15BrF2O3. The van der Waals surface area contributed by atoms with Gasteiger partial charge in [-0.15, -0.1) is 0 Å². The molecule has 3 aromatic rings. The van der Waals surface area contributed by atoms with Crippen LogP contribution in [-0.2, 0) is 6.61 Å². The molecule has 0 aliphatic carbocycles. The molecule has 0 radical (unpaired) electrons. The molecule has 0 N–H and O–H groups in total. The van der Waals surface area contributed by atoms with Crippen LogP contribution in [0.4, 0.5) is 8.78 Å². The van der Waals surface area contributed by atoms with Gasteiger partial charge in [0.25, 0.3) is 0 Å². The van der Waals surface area contributed by atoms with Crippen molar-refractivity contribution in [3.8, 4) is 11.5 Å². The molecule has 0 unspecified atom stereocenters. The van der Waals surface area contributed by atoms with Crippen molar-refractivity contribution in [1.82, 2.24) is 0 Å². The number of hydrogen-bond acceptors (Lipinski definition) is 3. The van der Waals surface area contributed by atoms with E-state index in [9.17, 15) is 13.6 Å². The van der Waals surface area contributed by atoms with Crippen molar-refractivity contribution >= 4 is 27.8 Å². The number of halogens is 3. The Morgan fingerprint density at radius 2 is 1.79 bits per heavy atom. The van der Waals surface area contributed by atoms with Crippen molar-refractivity contribution in [2.24, 2.45) is 0 Å². The summed E-state index contributed by atoms with van der Waals surface area (Å²) in [5.74, 6) is -0.634. The zero-order chi connectivity index (χ0) is 20.5. The van der Waals surface area contributed by atoms with E-state index in [1.54, 1.807) is 25.1 Å². The van der Waals surface area contributed by atoms with Crippen LogP contribution < -0.4 is 9.47 Å². The van der Waals surface area contributed by atoms with E-state index in [-0.39, 0.29) is 23.7 Å². The fourth-order valence-electron chi connectivity index (χ4n) is 3.13. The maximum atomic E-state index is 13.8. The number of ketones is 1. The molecule has 0 aromatic heterocycles. The molecule has 0 bridgehead atoms. The molecule has 1 aliphatic heterocycles. The molecular weight excluding hydrogens is 442 g/mol. The van der Waals surface area contributed by atoms with Gasteiger partial charge < -0.3 is 9.47 Å². The number of allylic oxidation sites excluding steroid dienone is 1. The third kappa shape index (κ3) is 3.93. The molecule has 6 heteroatoms. The highest BCUT2D eigenvalue weighted by Gasteiger charge is 2.30. The Bertz CT molecular complexity index is 1130. The van der Waals surface area contributed by atoms with Gasteiger partial charge in [-0.1, -0.05) is 34.1 Å². The summed E-state index contributed by atoms with van der Waals surface area (Å²) < 4.78 is 39.8. The summed E-state index contributed by atoms with van der Waals surface area (Å²) in [7, 11) is 0. The molecule has 0 saturated heterocycles. The lowest BCUT2D eigenvalue weighted by Gasteiger charge is -2.10. The Balaban J connectivity index is 1.59. The van der Waals surface area contributed by atoms with Crippen LogP contribution in [0.5, 0.6) is 11.5 Å². The quantitative estimate of drug-likeness (QED) is 0.436. The second kappa shape index (κ2) is 7.79. The van der Waals surface area contributed by atoms with Crippen molar-refractivity contribution in [1.29, 1.82) is 0 Å². The number of aryl methyl sites for hydroxylation is 1. The minimum Gasteiger partial charge on any atom is -0.489 e. The van der Waals surface area contributed by atoms with Crippen LogP contribution >= 0.6 is 15.9 Å². The maximum Gasteiger partial charge on any atom is 0.232 e. The molecule has 29 heavy (non-hydrogen) atoms. The topological polar surface area (TPSA) is 35.5 Å². The van der Waals surface area contributed by atoms with E-state index >= 15 is 0 Å². The normalized spacial score (nSPS) is 14.1. The fourth-order valence-corrected chi connectivity index (χ4v) is 3.55. The summed E-state index contributed by atoms with van der Waals surface area (Å²) >= 11 is 3.40. The summed E-state index contributed by atoms with van der Waals surface area (Å²) in [4.78, 5) is 12.7. The zero-order valence-electron chi connectivity index (χ0n) is 15.3. The first kappa shape index (κ1) is 19.3. The summed E-state index contributed by atoms with van der Waals surface area (Å²) in [5.41, 5.74) is 1.78. The third-order valence-electron chi connectivity index (χ3n) is 4.53. The van der Waals surface area contributed by atoms with E-state index in [0.717, 1.165) is 10.0 Å². The molecule has 0 amide bonds. The number of Topliss-reactive ketones (excluding diaryl/α,β-unsaturated/α-hetero) is 1. The van der Waals surface area contributed by atoms with Crippen molar-refractivity contribution in [2.45, 2.75) is 13.5 Å². The molecule has 0 atom stereocenters. The number of fused-ring (bicyclic) bond motifs is 1. The highest BCUT2D eigenvalue weighted by molar-refractivity contribution is 9.10. The number of carbonyl (C=O) groups is 1. The Morgan fingerprint density at radius 1 is 1.07 bits per heavy atom. The molecule has 146 valence electrons. The average Bonchev–Trinajstić information content (AvgIpc) is 2.97. The summed E-state index contributed by atoms with van der Waals surface area (Å²) in [6, 6.07) is 14.3. The fraction of sp³-hybridized carbons (Fsp3) is 0.0870. The Kier molecular flexibility index (Phi) is 5.20. The molecule has 0 fully saturated rings. The van der Waals surface area contributed by atoms with Crippen molar-refractivity contribution < 1.29 is 23.0 Å². The number of carbonyl (C=O) groups excluding carboxylic acids is 1. The second-order valence-corrected chi connectivity index (χ2v) is 7.51. The van der Waals surface area contributed by atoms with Gasteiger partial charge in [0.15, 0.2) is 5.76 Å². The van der Waals surface area contributed by atoms with Crippen LogP contribution in [0, 0.1) is 18.6 Å². The van der Waals surface area contributed by atoms with Crippen LogP contribution in [0.15, 0.2) is 64.8 Å². The van der Waals surface area contributed by atoms with E-state index in [0.29, 0.717) is 22.6 Å². The highest BCUT2D eigenvalue weighted by atomic mass is 79.9. The molecule has 1 heterocycles. The minimum absolute atomic E-state index is 0.155. The monoisotopic (exact) mass is 456 g/mol. The first-order valence-electron chi connectivity index (χ1n) is 8.82. The lowest BCUT2D eigenvalue weighted by molar-refractivity contribution is 0.101. The summed E-state index contributed by atoms with van der Waals surface area (Å²) in [5, 5.41) is 0. The summed E-state index contributed by atoms with van der Waals surface area (Å²) in [6.07, 6.45) is 1.67. The molecule has 0 spiro atoms. The average molecular weight is 457 g/mol. The maximum absolute atomic E-state index is 13.8. The molecule has 1 aliphatic rings. The highest BCUT2D eigenvalue weighted by Crippen LogP contribution is 2.38. The van der Waals surface area contributed by atoms with Crippen molar-refractivity contribution in [2.75, 3.05) is 0 Å². The van der Waals surface area contributed by atoms with E-state index in [1.807, 2.05) is 24.3 Å². The first-order chi connectivity index (χ1) is 13.9. The third-order valence-corrected chi connectivity index (χ3v) is 5.03. The number of benzene rings is 3. The lowest BCUT2D eigenvalue weighted by Crippen LogP contribution is -2.02. The summed E-state index contributed by atoms with van der Waals surface area (Å²) in [6.45, 7) is 1.49. The van der Waals surface area contributed by atoms with E-state index in [4.69, 9.17) is 9.47 Å². The van der Waals surface area contributed by atoms with Crippen LogP contribution in [0.3, 0.4) is 0 Å². The number of ether oxygens (including phenoxy) is 2. The second-order valence-electron chi connectivity index (χ2n) is 6.60. The number of hydrogen-bond donors (Lipinski definition) is 0. The SMILES string of the molecule is Cc1cc(OCc2c(F)cccc2F)cc2c1C(=O)/C(=C/c1cccc(Br)c1)O2. The van der Waals surface area contributed by atoms with Gasteiger partial charge in [0.05, 0.1) is 11.1 Å². The zero-order valence-corrected chi connectivity index (χ0v) is 16.9. The van der Waals surface area contributed by atoms with Crippen LogP contribution in [0.1, 0.15) is 27.0 Å². The first-order valence-corrected chi connectivity index (χ1v) is 9.62. The smallest absolute Gasteiger partial charge is 0.232 e. The standard InChI is InChI=1S/C23H15BrF2O3/c1-13-8-16(28-12-17-18(25)6-3-7-19(17)26)11-20-22(13)23(27)21(29-20)10-14-4-2-5-15(24)9-14/h2-11H,12H2,1H3/b21-10-. The van der Waals surface area contributed by atoms with Crippen LogP contribution in [0.2, 0.25) is 0 Å². The minimum atomic E-state index is -0.673. The van der Waals surface area contributed by atoms with Gasteiger partial charge in [0, 0.05) is 10.5 Å². The van der Waals surface area contributed by atoms with Gasteiger partial charge in [0.1, 0.15) is 29.7 Å². The van der Waals surface area contributed by atoms with Gasteiger partial charge in [-0.05, 0) is 54.5 Å². The lowest BCUT2D eigenvalue weighted by atomic mass is 10.0.